The van der Waals surface area contributed by atoms with Crippen LogP contribution in [0.25, 0.3) is 0 Å². The van der Waals surface area contributed by atoms with E-state index in [0.29, 0.717) is 16.8 Å². The van der Waals surface area contributed by atoms with E-state index in [9.17, 15) is 0 Å². The number of benzene rings is 2. The number of halogens is 1. The van der Waals surface area contributed by atoms with Gasteiger partial charge in [0.15, 0.2) is 0 Å². The minimum atomic E-state index is 0.547. The summed E-state index contributed by atoms with van der Waals surface area (Å²) in [6.45, 7) is 5.17. The van der Waals surface area contributed by atoms with Gasteiger partial charge in [-0.3, -0.25) is 0 Å². The molecule has 2 heterocycles. The number of hydrogen-bond donors (Lipinski definition) is 2. The molecule has 0 bridgehead atoms. The number of morpholine rings is 1. The van der Waals surface area contributed by atoms with Crippen molar-refractivity contribution in [2.75, 3.05) is 41.8 Å². The third-order valence-electron chi connectivity index (χ3n) is 4.45. The molecule has 2 aromatic carbocycles. The number of hydrogen-bond acceptors (Lipinski definition) is 6. The second kappa shape index (κ2) is 8.46. The predicted molar refractivity (Wildman–Crippen MR) is 114 cm³/mol. The highest BCUT2D eigenvalue weighted by Crippen LogP contribution is 2.29. The molecule has 1 aliphatic heterocycles. The summed E-state index contributed by atoms with van der Waals surface area (Å²) in [6, 6.07) is 17.6. The Morgan fingerprint density at radius 1 is 0.964 bits per heavy atom. The molecule has 1 aliphatic rings. The molecule has 3 aromatic rings. The van der Waals surface area contributed by atoms with Gasteiger partial charge in [-0.25, -0.2) is 4.98 Å². The van der Waals surface area contributed by atoms with E-state index in [1.165, 1.54) is 0 Å². The molecule has 144 valence electrons. The Balaban J connectivity index is 1.58. The average Bonchev–Trinajstić information content (AvgIpc) is 2.69. The fourth-order valence-corrected chi connectivity index (χ4v) is 3.37. The van der Waals surface area contributed by atoms with Crippen LogP contribution in [0.2, 0.25) is 5.02 Å². The van der Waals surface area contributed by atoms with E-state index in [-0.39, 0.29) is 0 Å². The van der Waals surface area contributed by atoms with Crippen molar-refractivity contribution in [1.29, 1.82) is 0 Å². The summed E-state index contributed by atoms with van der Waals surface area (Å²) in [4.78, 5) is 11.5. The maximum Gasteiger partial charge on any atom is 0.229 e. The van der Waals surface area contributed by atoms with Gasteiger partial charge in [0.05, 0.1) is 24.6 Å². The van der Waals surface area contributed by atoms with Gasteiger partial charge in [-0.05, 0) is 37.3 Å². The molecular weight excluding hydrogens is 374 g/mol. The zero-order valence-corrected chi connectivity index (χ0v) is 16.4. The summed E-state index contributed by atoms with van der Waals surface area (Å²) in [5.41, 5.74) is 3.85. The number of aryl methyl sites for hydroxylation is 1. The van der Waals surface area contributed by atoms with Crippen molar-refractivity contribution < 1.29 is 4.74 Å². The molecule has 0 radical (unpaired) electrons. The van der Waals surface area contributed by atoms with Crippen LogP contribution < -0.4 is 15.5 Å². The molecular formula is C21H22ClN5O. The van der Waals surface area contributed by atoms with Gasteiger partial charge in [-0.1, -0.05) is 29.8 Å². The fourth-order valence-electron chi connectivity index (χ4n) is 3.18. The molecule has 0 saturated carbocycles. The second-order valence-electron chi connectivity index (χ2n) is 6.60. The quantitative estimate of drug-likeness (QED) is 0.649. The van der Waals surface area contributed by atoms with Crippen molar-refractivity contribution in [2.24, 2.45) is 0 Å². The van der Waals surface area contributed by atoms with Crippen LogP contribution in [0, 0.1) is 6.92 Å². The van der Waals surface area contributed by atoms with Crippen LogP contribution in [0.5, 0.6) is 0 Å². The number of nitrogens with zero attached hydrogens (tertiary/aromatic N) is 3. The van der Waals surface area contributed by atoms with Crippen LogP contribution >= 0.6 is 11.6 Å². The molecule has 6 nitrogen and oxygen atoms in total. The number of para-hydroxylation sites is 2. The zero-order valence-electron chi connectivity index (χ0n) is 15.7. The molecule has 4 rings (SSSR count). The minimum Gasteiger partial charge on any atom is -0.378 e. The van der Waals surface area contributed by atoms with Crippen LogP contribution in [0.15, 0.2) is 54.6 Å². The van der Waals surface area contributed by atoms with Crippen molar-refractivity contribution in [3.05, 3.63) is 65.3 Å². The smallest absolute Gasteiger partial charge is 0.229 e. The highest BCUT2D eigenvalue weighted by molar-refractivity contribution is 6.30. The number of ether oxygens (including phenoxy) is 1. The van der Waals surface area contributed by atoms with E-state index in [1.54, 1.807) is 0 Å². The van der Waals surface area contributed by atoms with Gasteiger partial charge < -0.3 is 20.3 Å². The molecule has 0 atom stereocenters. The summed E-state index contributed by atoms with van der Waals surface area (Å²) >= 11 is 6.07. The van der Waals surface area contributed by atoms with E-state index in [1.807, 2.05) is 55.5 Å². The van der Waals surface area contributed by atoms with Gasteiger partial charge in [0.25, 0.3) is 0 Å². The van der Waals surface area contributed by atoms with Crippen molar-refractivity contribution >= 4 is 40.4 Å². The van der Waals surface area contributed by atoms with E-state index < -0.39 is 0 Å². The molecule has 1 fully saturated rings. The number of anilines is 5. The predicted octanol–water partition coefficient (Wildman–Crippen LogP) is 4.76. The van der Waals surface area contributed by atoms with Crippen molar-refractivity contribution in [3.8, 4) is 0 Å². The maximum atomic E-state index is 6.07. The Labute approximate surface area is 169 Å². The number of nitrogens with one attached hydrogen (secondary N) is 2. The van der Waals surface area contributed by atoms with Crippen LogP contribution in [0.4, 0.5) is 28.8 Å². The first kappa shape index (κ1) is 18.5. The molecule has 0 amide bonds. The first-order valence-electron chi connectivity index (χ1n) is 9.24. The summed E-state index contributed by atoms with van der Waals surface area (Å²) in [7, 11) is 0. The van der Waals surface area contributed by atoms with Crippen LogP contribution in [-0.2, 0) is 4.74 Å². The Morgan fingerprint density at radius 3 is 2.61 bits per heavy atom. The lowest BCUT2D eigenvalue weighted by atomic mass is 10.2. The van der Waals surface area contributed by atoms with Crippen LogP contribution in [0.1, 0.15) is 5.69 Å². The van der Waals surface area contributed by atoms with E-state index >= 15 is 0 Å². The highest BCUT2D eigenvalue weighted by atomic mass is 35.5. The van der Waals surface area contributed by atoms with Gasteiger partial charge >= 0.3 is 0 Å². The second-order valence-corrected chi connectivity index (χ2v) is 7.03. The lowest BCUT2D eigenvalue weighted by molar-refractivity contribution is 0.123. The summed E-state index contributed by atoms with van der Waals surface area (Å²) in [6.07, 6.45) is 0. The molecule has 0 unspecified atom stereocenters. The molecule has 1 saturated heterocycles. The number of aromatic nitrogens is 2. The zero-order chi connectivity index (χ0) is 19.3. The number of rotatable bonds is 5. The van der Waals surface area contributed by atoms with Crippen molar-refractivity contribution in [3.63, 3.8) is 0 Å². The molecule has 0 spiro atoms. The molecule has 2 N–H and O–H groups in total. The lowest BCUT2D eigenvalue weighted by Gasteiger charge is -2.30. The Bertz CT molecular complexity index is 959. The normalized spacial score (nSPS) is 14.0. The maximum absolute atomic E-state index is 6.07. The van der Waals surface area contributed by atoms with Gasteiger partial charge in [0.1, 0.15) is 5.82 Å². The highest BCUT2D eigenvalue weighted by Gasteiger charge is 2.15. The summed E-state index contributed by atoms with van der Waals surface area (Å²) < 4.78 is 5.47. The standard InChI is InChI=1S/C21H22ClN5O/c1-15-13-20(24-17-6-4-5-16(22)14-17)26-21(23-15)25-18-7-2-3-8-19(18)27-9-11-28-12-10-27/h2-8,13-14H,9-12H2,1H3,(H2,23,24,25,26). The summed E-state index contributed by atoms with van der Waals surface area (Å²) in [5, 5.41) is 7.34. The van der Waals surface area contributed by atoms with E-state index in [2.05, 4.69) is 31.6 Å². The first-order valence-corrected chi connectivity index (χ1v) is 9.62. The third kappa shape index (κ3) is 4.52. The molecule has 28 heavy (non-hydrogen) atoms. The third-order valence-corrected chi connectivity index (χ3v) is 4.69. The first-order chi connectivity index (χ1) is 13.7. The SMILES string of the molecule is Cc1cc(Nc2cccc(Cl)c2)nc(Nc2ccccc2N2CCOCC2)n1. The van der Waals surface area contributed by atoms with Gasteiger partial charge in [0, 0.05) is 35.6 Å². The van der Waals surface area contributed by atoms with Crippen molar-refractivity contribution in [1.82, 2.24) is 9.97 Å². The minimum absolute atomic E-state index is 0.547. The van der Waals surface area contributed by atoms with Gasteiger partial charge in [-0.2, -0.15) is 4.98 Å². The van der Waals surface area contributed by atoms with Gasteiger partial charge in [-0.15, -0.1) is 0 Å². The largest absolute Gasteiger partial charge is 0.378 e. The Kier molecular flexibility index (Phi) is 5.60. The van der Waals surface area contributed by atoms with Crippen LogP contribution in [0.3, 0.4) is 0 Å². The van der Waals surface area contributed by atoms with Crippen LogP contribution in [-0.4, -0.2) is 36.3 Å². The molecule has 1 aromatic heterocycles. The lowest BCUT2D eigenvalue weighted by Crippen LogP contribution is -2.36. The Hall–Kier alpha value is -2.83. The Morgan fingerprint density at radius 2 is 1.79 bits per heavy atom. The van der Waals surface area contributed by atoms with E-state index in [4.69, 9.17) is 16.3 Å². The fraction of sp³-hybridized carbons (Fsp3) is 0.238. The van der Waals surface area contributed by atoms with Crippen molar-refractivity contribution in [2.45, 2.75) is 6.92 Å². The van der Waals surface area contributed by atoms with Gasteiger partial charge in [0.2, 0.25) is 5.95 Å². The molecule has 0 aliphatic carbocycles. The molecule has 7 heteroatoms. The topological polar surface area (TPSA) is 62.3 Å². The average molecular weight is 396 g/mol. The summed E-state index contributed by atoms with van der Waals surface area (Å²) in [5.74, 6) is 1.26. The van der Waals surface area contributed by atoms with E-state index in [0.717, 1.165) is 49.1 Å². The monoisotopic (exact) mass is 395 g/mol.